The van der Waals surface area contributed by atoms with E-state index in [1.54, 1.807) is 265 Å². The smallest absolute Gasteiger partial charge is 0.193 e. The van der Waals surface area contributed by atoms with Crippen LogP contribution in [0, 0.1) is 52.9 Å². The fourth-order valence-electron chi connectivity index (χ4n) is 13.1. The van der Waals surface area contributed by atoms with Crippen molar-refractivity contribution in [3.8, 4) is 69.3 Å². The van der Waals surface area contributed by atoms with Gasteiger partial charge in [-0.3, -0.25) is 33.6 Å². The molecule has 0 aliphatic rings. The number of carbonyl (C=O) groups excluding carboxylic acids is 7. The quantitative estimate of drug-likeness (QED) is 0.0364. The molecule has 16 aromatic carbocycles. The number of hydrogen-bond donors (Lipinski definition) is 0. The Balaban J connectivity index is 0.000000161. The number of benzene rings is 16. The monoisotopic (exact) mass is 1780 g/mol. The predicted molar refractivity (Wildman–Crippen MR) is 525 cm³/mol. The number of ether oxygens (including phenoxy) is 8. The van der Waals surface area contributed by atoms with Crippen LogP contribution in [0.1, 0.15) is 150 Å². The maximum absolute atomic E-state index is 13.0. The Morgan fingerprint density at radius 2 is 0.406 bits per heavy atom. The first-order valence-electron chi connectivity index (χ1n) is 42.4. The first-order chi connectivity index (χ1) is 64.4. The Hall–Kier alpha value is -16.6. The van der Waals surface area contributed by atoms with Gasteiger partial charge in [-0.05, 0) is 260 Å². The summed E-state index contributed by atoms with van der Waals surface area (Å²) in [6.07, 6.45) is 2.09. The molecular weight excluding hydrogens is 1680 g/mol. The zero-order valence-corrected chi connectivity index (χ0v) is 76.7. The van der Waals surface area contributed by atoms with Gasteiger partial charge in [-0.15, -0.1) is 11.8 Å². The molecule has 0 radical (unpaired) electrons. The lowest BCUT2D eigenvalue weighted by Gasteiger charge is -2.10. The average Bonchev–Trinajstić information content (AvgIpc) is 0.839. The van der Waals surface area contributed by atoms with Crippen LogP contribution in [0.25, 0.3) is 0 Å². The van der Waals surface area contributed by atoms with Gasteiger partial charge in [0, 0.05) is 82.8 Å². The number of rotatable bonds is 26. The number of nitriles is 1. The molecule has 133 heavy (non-hydrogen) atoms. The molecule has 0 saturated carbocycles. The highest BCUT2D eigenvalue weighted by Gasteiger charge is 2.19. The van der Waals surface area contributed by atoms with Crippen LogP contribution in [0.5, 0.6) is 63.2 Å². The van der Waals surface area contributed by atoms with E-state index in [4.69, 9.17) is 43.2 Å². The summed E-state index contributed by atoms with van der Waals surface area (Å²) in [4.78, 5) is 89.3. The molecule has 0 aliphatic heterocycles. The van der Waals surface area contributed by atoms with Gasteiger partial charge in [-0.2, -0.15) is 5.26 Å². The molecular formula is C116H99NO15S. The fraction of sp³-hybridized carbons (Fsp3) is 0.103. The number of thioether (sulfide) groups is 1. The number of nitrogens with zero attached hydrogens (tertiary/aromatic N) is 1. The average molecular weight is 1780 g/mol. The minimum atomic E-state index is -0.151. The zero-order valence-electron chi connectivity index (χ0n) is 75.9. The van der Waals surface area contributed by atoms with Gasteiger partial charge < -0.3 is 37.9 Å². The largest absolute Gasteiger partial charge is 0.497 e. The molecule has 17 heteroatoms. The maximum atomic E-state index is 13.0. The Morgan fingerprint density at radius 3 is 0.624 bits per heavy atom. The van der Waals surface area contributed by atoms with E-state index in [1.165, 1.54) is 17.6 Å². The molecule has 0 aromatic heterocycles. The molecule has 0 aliphatic carbocycles. The zero-order chi connectivity index (χ0) is 94.7. The summed E-state index contributed by atoms with van der Waals surface area (Å²) < 4.78 is 42.9. The van der Waals surface area contributed by atoms with Gasteiger partial charge in [0.1, 0.15) is 74.9 Å². The molecule has 0 spiro atoms. The van der Waals surface area contributed by atoms with Gasteiger partial charge >= 0.3 is 0 Å². The molecule has 0 heterocycles. The van der Waals surface area contributed by atoms with Crippen LogP contribution in [-0.4, -0.2) is 82.3 Å². The summed E-state index contributed by atoms with van der Waals surface area (Å²) in [6, 6.07) is 116. The van der Waals surface area contributed by atoms with E-state index in [9.17, 15) is 33.6 Å². The Bertz CT molecular complexity index is 6620. The number of aryl methyl sites for hydroxylation is 6. The molecule has 0 amide bonds. The molecule has 16 nitrogen and oxygen atoms in total. The van der Waals surface area contributed by atoms with Crippen LogP contribution in [0.4, 0.5) is 0 Å². The predicted octanol–water partition coefficient (Wildman–Crippen LogP) is 26.6. The minimum absolute atomic E-state index is 0.00555. The second-order valence-electron chi connectivity index (χ2n) is 30.4. The normalized spacial score (nSPS) is 10.2. The van der Waals surface area contributed by atoms with Crippen LogP contribution < -0.4 is 37.9 Å². The first-order valence-corrected chi connectivity index (χ1v) is 43.6. The minimum Gasteiger partial charge on any atom is -0.497 e. The van der Waals surface area contributed by atoms with Crippen molar-refractivity contribution >= 4 is 52.2 Å². The standard InChI is InChI=1S/C35H26O5.C22H18O3.C21H18O3.C15H13NO2.C15H14O2.C8H10S/c1-23-3-5-24(6-4-23)33(36)25-7-9-26(10-8-25)34(37)28-13-19-31(20-14-28)40-32-21-15-29(16-22-32)35(38)27-11-17-30(39-2)18-12-27;1-15-3-5-16(6-4-15)21(23)17-7-9-18(10-8-17)22(24)19-11-13-20(25-2)14-12-19;1-15-3-5-16(6-4-15)21(22)17-7-9-19(10-8-17)24-20-13-11-18(23-2)12-14-20;1-11-5-3-6-12(9-11)18-15-8-4-7-14(17-2)13(15)10-16;1-11-3-5-12(6-4-11)15(16)13-7-9-14(17-2)10-8-13;1-7-3-5-8(9-2)6-4-7/h3-22H,1-2H3;3-14H,1-2H3;3-14H,1-2H3;3-9H,1-2H3;3-10H,1-2H3;3-6H,1-2H3. The van der Waals surface area contributed by atoms with E-state index in [0.29, 0.717) is 135 Å². The number of carbonyl (C=O) groups is 7. The van der Waals surface area contributed by atoms with Crippen molar-refractivity contribution in [3.05, 3.63) is 499 Å². The Kier molecular flexibility index (Phi) is 35.5. The van der Waals surface area contributed by atoms with Gasteiger partial charge in [0.25, 0.3) is 0 Å². The van der Waals surface area contributed by atoms with Gasteiger partial charge in [-0.1, -0.05) is 204 Å². The van der Waals surface area contributed by atoms with E-state index in [1.807, 2.05) is 168 Å². The summed E-state index contributed by atoms with van der Waals surface area (Å²) in [7, 11) is 7.93. The van der Waals surface area contributed by atoms with Crippen molar-refractivity contribution in [3.63, 3.8) is 0 Å². The second kappa shape index (κ2) is 48.6. The van der Waals surface area contributed by atoms with Gasteiger partial charge in [0.2, 0.25) is 0 Å². The molecule has 0 bridgehead atoms. The maximum Gasteiger partial charge on any atom is 0.193 e. The molecule has 0 unspecified atom stereocenters. The first kappa shape index (κ1) is 97.1. The third kappa shape index (κ3) is 28.2. The lowest BCUT2D eigenvalue weighted by atomic mass is 9.98. The van der Waals surface area contributed by atoms with Crippen molar-refractivity contribution in [2.75, 3.05) is 41.8 Å². The molecule has 0 N–H and O–H groups in total. The van der Waals surface area contributed by atoms with E-state index in [0.717, 1.165) is 39.3 Å². The number of ketones is 7. The summed E-state index contributed by atoms with van der Waals surface area (Å²) in [5, 5.41) is 9.15. The molecule has 16 aromatic rings. The van der Waals surface area contributed by atoms with Crippen LogP contribution in [-0.2, 0) is 0 Å². The van der Waals surface area contributed by atoms with Gasteiger partial charge in [0.05, 0.1) is 35.5 Å². The molecule has 0 saturated heterocycles. The molecule has 0 atom stereocenters. The highest BCUT2D eigenvalue weighted by molar-refractivity contribution is 7.98. The van der Waals surface area contributed by atoms with Crippen molar-refractivity contribution in [1.82, 2.24) is 0 Å². The molecule has 16 rings (SSSR count). The fourth-order valence-corrected chi connectivity index (χ4v) is 13.5. The third-order valence-corrected chi connectivity index (χ3v) is 21.5. The summed E-state index contributed by atoms with van der Waals surface area (Å²) in [5.41, 5.74) is 15.6. The van der Waals surface area contributed by atoms with Crippen molar-refractivity contribution in [2.24, 2.45) is 0 Å². The number of methoxy groups -OCH3 is 5. The Labute approximate surface area is 780 Å². The van der Waals surface area contributed by atoms with E-state index < -0.39 is 0 Å². The van der Waals surface area contributed by atoms with E-state index in [2.05, 4.69) is 43.5 Å². The molecule has 0 fully saturated rings. The number of hydrogen-bond acceptors (Lipinski definition) is 17. The van der Waals surface area contributed by atoms with Crippen LogP contribution in [0.2, 0.25) is 0 Å². The highest BCUT2D eigenvalue weighted by Crippen LogP contribution is 2.33. The lowest BCUT2D eigenvalue weighted by Crippen LogP contribution is -2.04. The van der Waals surface area contributed by atoms with Crippen LogP contribution in [0.15, 0.2) is 387 Å². The van der Waals surface area contributed by atoms with Crippen molar-refractivity contribution in [1.29, 1.82) is 5.26 Å². The third-order valence-electron chi connectivity index (χ3n) is 20.8. The second-order valence-corrected chi connectivity index (χ2v) is 31.3. The summed E-state index contributed by atoms with van der Waals surface area (Å²) in [5.74, 6) is 6.76. The van der Waals surface area contributed by atoms with Crippen LogP contribution in [0.3, 0.4) is 0 Å². The molecule has 664 valence electrons. The summed E-state index contributed by atoms with van der Waals surface area (Å²) >= 11 is 1.78. The van der Waals surface area contributed by atoms with E-state index in [-0.39, 0.29) is 40.5 Å². The highest BCUT2D eigenvalue weighted by atomic mass is 32.2. The van der Waals surface area contributed by atoms with E-state index >= 15 is 0 Å². The topological polar surface area (TPSA) is 217 Å². The summed E-state index contributed by atoms with van der Waals surface area (Å²) in [6.45, 7) is 12.0. The Morgan fingerprint density at radius 1 is 0.211 bits per heavy atom. The van der Waals surface area contributed by atoms with Gasteiger partial charge in [0.15, 0.2) is 40.5 Å². The SMILES string of the molecule is COc1ccc(C(=O)c2ccc(C(=O)c3ccc(C)cc3)cc2)cc1.COc1ccc(C(=O)c2ccc(C)cc2)cc1.COc1ccc(C(=O)c2ccc(Oc3ccc(C(=O)c4ccc(C(=O)c5ccc(C)cc5)cc4)cc3)cc2)cc1.COc1ccc(Oc2ccc(C(=O)c3ccc(C)cc3)cc2)cc1.COc1cccc(Oc2cccc(C)c2)c1C#N.CSc1ccc(C)cc1. The van der Waals surface area contributed by atoms with Gasteiger partial charge in [-0.25, -0.2) is 0 Å². The lowest BCUT2D eigenvalue weighted by molar-refractivity contribution is 0.102. The van der Waals surface area contributed by atoms with Crippen molar-refractivity contribution in [2.45, 2.75) is 46.4 Å². The van der Waals surface area contributed by atoms with Crippen LogP contribution >= 0.6 is 11.8 Å². The van der Waals surface area contributed by atoms with Crippen molar-refractivity contribution < 1.29 is 71.5 Å².